The summed E-state index contributed by atoms with van der Waals surface area (Å²) >= 11 is 0. The van der Waals surface area contributed by atoms with Crippen LogP contribution in [-0.2, 0) is 6.54 Å². The molecule has 0 fully saturated rings. The third-order valence-corrected chi connectivity index (χ3v) is 2.32. The van der Waals surface area contributed by atoms with Crippen molar-refractivity contribution in [3.63, 3.8) is 0 Å². The van der Waals surface area contributed by atoms with Crippen LogP contribution >= 0.6 is 0 Å². The fourth-order valence-corrected chi connectivity index (χ4v) is 1.42. The molecule has 1 heterocycles. The Labute approximate surface area is 105 Å². The third kappa shape index (κ3) is 5.18. The smallest absolute Gasteiger partial charge is 0.142 e. The van der Waals surface area contributed by atoms with Gasteiger partial charge in [0.15, 0.2) is 0 Å². The highest BCUT2D eigenvalue weighted by atomic mass is 16.5. The Bertz CT molecular complexity index is 356. The molecule has 1 rings (SSSR count). The minimum absolute atomic E-state index is 0.0907. The second kappa shape index (κ2) is 6.01. The number of ether oxygens (including phenoxy) is 1. The van der Waals surface area contributed by atoms with E-state index >= 15 is 0 Å². The maximum Gasteiger partial charge on any atom is 0.142 e. The summed E-state index contributed by atoms with van der Waals surface area (Å²) in [5, 5.41) is 3.44. The van der Waals surface area contributed by atoms with Gasteiger partial charge in [0.05, 0.1) is 12.3 Å². The molecule has 3 nitrogen and oxygen atoms in total. The normalized spacial score (nSPS) is 11.6. The molecule has 1 N–H and O–H groups in total. The molecule has 0 aliphatic rings. The van der Waals surface area contributed by atoms with Crippen molar-refractivity contribution in [2.45, 2.75) is 53.1 Å². The van der Waals surface area contributed by atoms with Gasteiger partial charge in [0.1, 0.15) is 5.75 Å². The highest BCUT2D eigenvalue weighted by molar-refractivity contribution is 5.29. The van der Waals surface area contributed by atoms with Gasteiger partial charge < -0.3 is 10.1 Å². The van der Waals surface area contributed by atoms with Crippen LogP contribution in [0.15, 0.2) is 12.1 Å². The van der Waals surface area contributed by atoms with Gasteiger partial charge in [0.2, 0.25) is 0 Å². The van der Waals surface area contributed by atoms with Gasteiger partial charge in [-0.3, -0.25) is 4.98 Å². The number of aryl methyl sites for hydroxylation is 1. The second-order valence-corrected chi connectivity index (χ2v) is 5.35. The zero-order valence-electron chi connectivity index (χ0n) is 11.6. The number of pyridine rings is 1. The lowest BCUT2D eigenvalue weighted by Crippen LogP contribution is -2.35. The van der Waals surface area contributed by atoms with E-state index in [0.29, 0.717) is 0 Å². The fourth-order valence-electron chi connectivity index (χ4n) is 1.42. The Morgan fingerprint density at radius 2 is 2.00 bits per heavy atom. The molecule has 0 spiro atoms. The molecule has 0 unspecified atom stereocenters. The molecule has 0 atom stereocenters. The van der Waals surface area contributed by atoms with Crippen LogP contribution in [-0.4, -0.2) is 17.1 Å². The van der Waals surface area contributed by atoms with Crippen molar-refractivity contribution in [3.05, 3.63) is 23.5 Å². The summed E-state index contributed by atoms with van der Waals surface area (Å²) in [4.78, 5) is 4.54. The molecule has 0 saturated heterocycles. The topological polar surface area (TPSA) is 34.1 Å². The van der Waals surface area contributed by atoms with Gasteiger partial charge in [-0.2, -0.15) is 0 Å². The SMILES string of the molecule is CCCOc1ccc(C)nc1CNC(C)(C)C. The largest absolute Gasteiger partial charge is 0.492 e. The Balaban J connectivity index is 2.76. The van der Waals surface area contributed by atoms with Crippen LogP contribution in [0.4, 0.5) is 0 Å². The van der Waals surface area contributed by atoms with Crippen LogP contribution < -0.4 is 10.1 Å². The lowest BCUT2D eigenvalue weighted by Gasteiger charge is -2.21. The fraction of sp³-hybridized carbons (Fsp3) is 0.643. The second-order valence-electron chi connectivity index (χ2n) is 5.35. The van der Waals surface area contributed by atoms with Gasteiger partial charge in [-0.25, -0.2) is 0 Å². The molecule has 1 aromatic rings. The average Bonchev–Trinajstić information content (AvgIpc) is 2.24. The van der Waals surface area contributed by atoms with Crippen LogP contribution in [0.5, 0.6) is 5.75 Å². The van der Waals surface area contributed by atoms with E-state index in [1.54, 1.807) is 0 Å². The Kier molecular flexibility index (Phi) is 4.94. The number of rotatable bonds is 5. The predicted molar refractivity (Wildman–Crippen MR) is 71.4 cm³/mol. The molecule has 3 heteroatoms. The highest BCUT2D eigenvalue weighted by Gasteiger charge is 2.12. The van der Waals surface area contributed by atoms with Gasteiger partial charge in [-0.1, -0.05) is 6.92 Å². The van der Waals surface area contributed by atoms with E-state index in [9.17, 15) is 0 Å². The van der Waals surface area contributed by atoms with E-state index in [-0.39, 0.29) is 5.54 Å². The Morgan fingerprint density at radius 1 is 1.29 bits per heavy atom. The Morgan fingerprint density at radius 3 is 2.59 bits per heavy atom. The summed E-state index contributed by atoms with van der Waals surface area (Å²) in [5.41, 5.74) is 2.11. The van der Waals surface area contributed by atoms with Gasteiger partial charge >= 0.3 is 0 Å². The monoisotopic (exact) mass is 236 g/mol. The van der Waals surface area contributed by atoms with Crippen LogP contribution in [0.3, 0.4) is 0 Å². The molecular formula is C14H24N2O. The quantitative estimate of drug-likeness (QED) is 0.853. The van der Waals surface area contributed by atoms with Crippen molar-refractivity contribution in [1.82, 2.24) is 10.3 Å². The molecule has 0 amide bonds. The van der Waals surface area contributed by atoms with Crippen LogP contribution in [0.2, 0.25) is 0 Å². The molecule has 96 valence electrons. The standard InChI is InChI=1S/C14H24N2O/c1-6-9-17-13-8-7-11(2)16-12(13)10-15-14(3,4)5/h7-8,15H,6,9-10H2,1-5H3. The van der Waals surface area contributed by atoms with Crippen LogP contribution in [0.25, 0.3) is 0 Å². The van der Waals surface area contributed by atoms with E-state index < -0.39 is 0 Å². The maximum atomic E-state index is 5.70. The van der Waals surface area contributed by atoms with E-state index in [2.05, 4.69) is 38.0 Å². The molecule has 0 bridgehead atoms. The maximum absolute atomic E-state index is 5.70. The van der Waals surface area contributed by atoms with Gasteiger partial charge in [-0.15, -0.1) is 0 Å². The van der Waals surface area contributed by atoms with Crippen molar-refractivity contribution in [1.29, 1.82) is 0 Å². The Hall–Kier alpha value is -1.09. The number of nitrogens with zero attached hydrogens (tertiary/aromatic N) is 1. The van der Waals surface area contributed by atoms with Crippen LogP contribution in [0.1, 0.15) is 45.5 Å². The van der Waals surface area contributed by atoms with Crippen molar-refractivity contribution in [2.75, 3.05) is 6.61 Å². The van der Waals surface area contributed by atoms with E-state index in [0.717, 1.165) is 36.7 Å². The van der Waals surface area contributed by atoms with Crippen molar-refractivity contribution < 1.29 is 4.74 Å². The van der Waals surface area contributed by atoms with E-state index in [4.69, 9.17) is 4.74 Å². The van der Waals surface area contributed by atoms with Crippen molar-refractivity contribution in [3.8, 4) is 5.75 Å². The molecular weight excluding hydrogens is 212 g/mol. The molecule has 0 aliphatic carbocycles. The molecule has 17 heavy (non-hydrogen) atoms. The van der Waals surface area contributed by atoms with E-state index in [1.165, 1.54) is 0 Å². The molecule has 0 saturated carbocycles. The lowest BCUT2D eigenvalue weighted by molar-refractivity contribution is 0.308. The first-order chi connectivity index (χ1) is 7.92. The first kappa shape index (κ1) is 14.0. The minimum Gasteiger partial charge on any atom is -0.492 e. The number of nitrogens with one attached hydrogen (secondary N) is 1. The van der Waals surface area contributed by atoms with Crippen LogP contribution in [0, 0.1) is 6.92 Å². The zero-order chi connectivity index (χ0) is 12.9. The number of hydrogen-bond acceptors (Lipinski definition) is 3. The summed E-state index contributed by atoms with van der Waals surface area (Å²) in [6.45, 7) is 12.0. The summed E-state index contributed by atoms with van der Waals surface area (Å²) in [6.07, 6.45) is 1.01. The third-order valence-electron chi connectivity index (χ3n) is 2.32. The summed E-state index contributed by atoms with van der Waals surface area (Å²) in [6, 6.07) is 4.00. The minimum atomic E-state index is 0.0907. The van der Waals surface area contributed by atoms with Gasteiger partial charge in [0.25, 0.3) is 0 Å². The number of aromatic nitrogens is 1. The molecule has 0 aliphatic heterocycles. The van der Waals surface area contributed by atoms with Crippen molar-refractivity contribution >= 4 is 0 Å². The molecule has 0 radical (unpaired) electrons. The van der Waals surface area contributed by atoms with Gasteiger partial charge in [-0.05, 0) is 46.2 Å². The highest BCUT2D eigenvalue weighted by Crippen LogP contribution is 2.18. The first-order valence-corrected chi connectivity index (χ1v) is 6.26. The summed E-state index contributed by atoms with van der Waals surface area (Å²) in [7, 11) is 0. The number of hydrogen-bond donors (Lipinski definition) is 1. The predicted octanol–water partition coefficient (Wildman–Crippen LogP) is 3.07. The first-order valence-electron chi connectivity index (χ1n) is 6.26. The molecule has 0 aromatic carbocycles. The van der Waals surface area contributed by atoms with Gasteiger partial charge in [0, 0.05) is 17.8 Å². The average molecular weight is 236 g/mol. The lowest BCUT2D eigenvalue weighted by atomic mass is 10.1. The van der Waals surface area contributed by atoms with E-state index in [1.807, 2.05) is 19.1 Å². The zero-order valence-corrected chi connectivity index (χ0v) is 11.6. The molecule has 1 aromatic heterocycles. The summed E-state index contributed by atoms with van der Waals surface area (Å²) in [5.74, 6) is 0.897. The van der Waals surface area contributed by atoms with Crippen molar-refractivity contribution in [2.24, 2.45) is 0 Å². The summed E-state index contributed by atoms with van der Waals surface area (Å²) < 4.78 is 5.70.